The van der Waals surface area contributed by atoms with Crippen LogP contribution in [0.1, 0.15) is 38.9 Å². The molecule has 1 aliphatic rings. The van der Waals surface area contributed by atoms with Crippen molar-refractivity contribution in [3.8, 4) is 0 Å². The first-order valence-corrected chi connectivity index (χ1v) is 6.83. The molecule has 0 bridgehead atoms. The number of hydrogen-bond donors (Lipinski definition) is 1. The zero-order valence-corrected chi connectivity index (χ0v) is 11.6. The summed E-state index contributed by atoms with van der Waals surface area (Å²) in [4.78, 5) is 4.23. The highest BCUT2D eigenvalue weighted by Gasteiger charge is 2.31. The van der Waals surface area contributed by atoms with Gasteiger partial charge in [0.1, 0.15) is 6.33 Å². The average Bonchev–Trinajstić information content (AvgIpc) is 2.75. The Morgan fingerprint density at radius 2 is 2.44 bits per heavy atom. The molecule has 5 nitrogen and oxygen atoms in total. The average molecular weight is 252 g/mol. The van der Waals surface area contributed by atoms with Crippen LogP contribution in [-0.2, 0) is 18.2 Å². The highest BCUT2D eigenvalue weighted by Crippen LogP contribution is 2.27. The van der Waals surface area contributed by atoms with Crippen molar-refractivity contribution in [2.24, 2.45) is 7.05 Å². The Morgan fingerprint density at radius 3 is 3.11 bits per heavy atom. The first-order valence-electron chi connectivity index (χ1n) is 6.83. The van der Waals surface area contributed by atoms with Crippen molar-refractivity contribution in [1.29, 1.82) is 0 Å². The van der Waals surface area contributed by atoms with E-state index in [1.807, 2.05) is 7.05 Å². The Labute approximate surface area is 109 Å². The summed E-state index contributed by atoms with van der Waals surface area (Å²) in [6.07, 6.45) is 5.91. The molecule has 0 amide bonds. The van der Waals surface area contributed by atoms with E-state index in [0.29, 0.717) is 6.04 Å². The zero-order chi connectivity index (χ0) is 13.0. The fourth-order valence-corrected chi connectivity index (χ4v) is 2.44. The van der Waals surface area contributed by atoms with Crippen LogP contribution in [0, 0.1) is 0 Å². The minimum absolute atomic E-state index is 0.0547. The van der Waals surface area contributed by atoms with Crippen LogP contribution in [0.3, 0.4) is 0 Å². The lowest BCUT2D eigenvalue weighted by atomic mass is 9.90. The van der Waals surface area contributed by atoms with Crippen LogP contribution in [0.25, 0.3) is 0 Å². The largest absolute Gasteiger partial charge is 0.375 e. The SMILES string of the molecule is CCC1(C)CC(NCCc2ncn(C)n2)CCO1. The summed E-state index contributed by atoms with van der Waals surface area (Å²) in [5, 5.41) is 7.88. The van der Waals surface area contributed by atoms with Gasteiger partial charge in [0.25, 0.3) is 0 Å². The number of aryl methyl sites for hydroxylation is 1. The van der Waals surface area contributed by atoms with Gasteiger partial charge in [-0.25, -0.2) is 4.98 Å². The van der Waals surface area contributed by atoms with Gasteiger partial charge in [-0.3, -0.25) is 4.68 Å². The van der Waals surface area contributed by atoms with E-state index in [9.17, 15) is 0 Å². The lowest BCUT2D eigenvalue weighted by Gasteiger charge is -2.38. The predicted molar refractivity (Wildman–Crippen MR) is 70.4 cm³/mol. The van der Waals surface area contributed by atoms with Crippen LogP contribution < -0.4 is 5.32 Å². The van der Waals surface area contributed by atoms with E-state index in [-0.39, 0.29) is 5.60 Å². The van der Waals surface area contributed by atoms with E-state index in [1.54, 1.807) is 11.0 Å². The van der Waals surface area contributed by atoms with Crippen molar-refractivity contribution in [3.63, 3.8) is 0 Å². The number of ether oxygens (including phenoxy) is 1. The van der Waals surface area contributed by atoms with E-state index < -0.39 is 0 Å². The molecule has 0 saturated carbocycles. The Balaban J connectivity index is 1.73. The molecule has 2 heterocycles. The topological polar surface area (TPSA) is 52.0 Å². The van der Waals surface area contributed by atoms with Crippen molar-refractivity contribution in [1.82, 2.24) is 20.1 Å². The lowest BCUT2D eigenvalue weighted by molar-refractivity contribution is -0.0778. The van der Waals surface area contributed by atoms with Gasteiger partial charge < -0.3 is 10.1 Å². The second-order valence-corrected chi connectivity index (χ2v) is 5.38. The molecule has 0 aromatic carbocycles. The van der Waals surface area contributed by atoms with Gasteiger partial charge in [0.05, 0.1) is 5.60 Å². The monoisotopic (exact) mass is 252 g/mol. The highest BCUT2D eigenvalue weighted by atomic mass is 16.5. The number of rotatable bonds is 5. The Bertz CT molecular complexity index is 379. The molecule has 1 N–H and O–H groups in total. The second kappa shape index (κ2) is 5.80. The van der Waals surface area contributed by atoms with Crippen LogP contribution >= 0.6 is 0 Å². The third-order valence-electron chi connectivity index (χ3n) is 3.77. The second-order valence-electron chi connectivity index (χ2n) is 5.38. The predicted octanol–water partition coefficient (Wildman–Crippen LogP) is 1.29. The first-order chi connectivity index (χ1) is 8.61. The maximum atomic E-state index is 5.84. The molecule has 0 aliphatic carbocycles. The Kier molecular flexibility index (Phi) is 4.35. The summed E-state index contributed by atoms with van der Waals surface area (Å²) in [5.41, 5.74) is 0.0547. The number of hydrogen-bond acceptors (Lipinski definition) is 4. The summed E-state index contributed by atoms with van der Waals surface area (Å²) >= 11 is 0. The number of nitrogens with zero attached hydrogens (tertiary/aromatic N) is 3. The molecule has 1 aromatic heterocycles. The van der Waals surface area contributed by atoms with Crippen molar-refractivity contribution in [3.05, 3.63) is 12.2 Å². The van der Waals surface area contributed by atoms with Gasteiger partial charge in [-0.2, -0.15) is 5.10 Å². The number of aromatic nitrogens is 3. The third-order valence-corrected chi connectivity index (χ3v) is 3.77. The lowest BCUT2D eigenvalue weighted by Crippen LogP contribution is -2.45. The fourth-order valence-electron chi connectivity index (χ4n) is 2.44. The Morgan fingerprint density at radius 1 is 1.61 bits per heavy atom. The molecule has 1 aromatic rings. The number of nitrogens with one attached hydrogen (secondary N) is 1. The van der Waals surface area contributed by atoms with Crippen molar-refractivity contribution < 1.29 is 4.74 Å². The third kappa shape index (κ3) is 3.53. The van der Waals surface area contributed by atoms with E-state index in [0.717, 1.165) is 44.7 Å². The quantitative estimate of drug-likeness (QED) is 0.858. The molecule has 1 fully saturated rings. The molecule has 2 unspecified atom stereocenters. The standard InChI is InChI=1S/C13H24N4O/c1-4-13(2)9-11(6-8-18-13)14-7-5-12-15-10-17(3)16-12/h10-11,14H,4-9H2,1-3H3. The van der Waals surface area contributed by atoms with Crippen LogP contribution in [0.5, 0.6) is 0 Å². The van der Waals surface area contributed by atoms with Crippen molar-refractivity contribution in [2.45, 2.75) is 51.2 Å². The van der Waals surface area contributed by atoms with Gasteiger partial charge in [0.15, 0.2) is 5.82 Å². The first kappa shape index (κ1) is 13.5. The van der Waals surface area contributed by atoms with E-state index in [2.05, 4.69) is 29.2 Å². The summed E-state index contributed by atoms with van der Waals surface area (Å²) in [6.45, 7) is 6.21. The Hall–Kier alpha value is -0.940. The van der Waals surface area contributed by atoms with E-state index in [4.69, 9.17) is 4.74 Å². The zero-order valence-electron chi connectivity index (χ0n) is 11.6. The van der Waals surface area contributed by atoms with Crippen molar-refractivity contribution in [2.75, 3.05) is 13.2 Å². The minimum atomic E-state index is 0.0547. The molecular weight excluding hydrogens is 228 g/mol. The normalized spacial score (nSPS) is 28.5. The van der Waals surface area contributed by atoms with Gasteiger partial charge in [-0.1, -0.05) is 6.92 Å². The molecule has 102 valence electrons. The van der Waals surface area contributed by atoms with Gasteiger partial charge >= 0.3 is 0 Å². The molecule has 0 radical (unpaired) electrons. The van der Waals surface area contributed by atoms with E-state index in [1.165, 1.54) is 0 Å². The van der Waals surface area contributed by atoms with Crippen LogP contribution in [0.15, 0.2) is 6.33 Å². The summed E-state index contributed by atoms with van der Waals surface area (Å²) in [7, 11) is 1.90. The smallest absolute Gasteiger partial charge is 0.151 e. The molecule has 1 aliphatic heterocycles. The highest BCUT2D eigenvalue weighted by molar-refractivity contribution is 4.87. The van der Waals surface area contributed by atoms with Crippen molar-refractivity contribution >= 4 is 0 Å². The summed E-state index contributed by atoms with van der Waals surface area (Å²) in [5.74, 6) is 0.912. The van der Waals surface area contributed by atoms with Gasteiger partial charge in [0.2, 0.25) is 0 Å². The maximum absolute atomic E-state index is 5.84. The minimum Gasteiger partial charge on any atom is -0.375 e. The molecule has 18 heavy (non-hydrogen) atoms. The molecule has 1 saturated heterocycles. The molecule has 5 heteroatoms. The van der Waals surface area contributed by atoms with Gasteiger partial charge in [-0.05, 0) is 26.2 Å². The van der Waals surface area contributed by atoms with Crippen LogP contribution in [-0.4, -0.2) is 39.6 Å². The summed E-state index contributed by atoms with van der Waals surface area (Å²) in [6, 6.07) is 0.562. The van der Waals surface area contributed by atoms with Gasteiger partial charge in [-0.15, -0.1) is 0 Å². The van der Waals surface area contributed by atoms with Crippen LogP contribution in [0.4, 0.5) is 0 Å². The molecule has 2 rings (SSSR count). The maximum Gasteiger partial charge on any atom is 0.151 e. The molecular formula is C13H24N4O. The van der Waals surface area contributed by atoms with E-state index >= 15 is 0 Å². The summed E-state index contributed by atoms with van der Waals surface area (Å²) < 4.78 is 7.59. The molecule has 2 atom stereocenters. The van der Waals surface area contributed by atoms with Crippen LogP contribution in [0.2, 0.25) is 0 Å². The van der Waals surface area contributed by atoms with Gasteiger partial charge in [0, 0.05) is 32.7 Å². The fraction of sp³-hybridized carbons (Fsp3) is 0.846. The molecule has 0 spiro atoms.